The lowest BCUT2D eigenvalue weighted by Gasteiger charge is -2.16. The average molecular weight is 291 g/mol. The molecule has 0 bridgehead atoms. The normalized spacial score (nSPS) is 11.6. The van der Waals surface area contributed by atoms with Crippen molar-refractivity contribution in [2.75, 3.05) is 5.75 Å². The van der Waals surface area contributed by atoms with Crippen LogP contribution in [0.5, 0.6) is 0 Å². The molecule has 1 nitrogen and oxygen atoms in total. The van der Waals surface area contributed by atoms with Crippen LogP contribution in [0.15, 0.2) is 18.2 Å². The van der Waals surface area contributed by atoms with Gasteiger partial charge in [-0.05, 0) is 17.7 Å². The molecule has 94 valence electrons. The lowest BCUT2D eigenvalue weighted by Crippen LogP contribution is -2.14. The summed E-state index contributed by atoms with van der Waals surface area (Å²) in [6.07, 6.45) is 0.417. The van der Waals surface area contributed by atoms with E-state index in [0.29, 0.717) is 22.2 Å². The third-order valence-electron chi connectivity index (χ3n) is 2.05. The van der Waals surface area contributed by atoms with Gasteiger partial charge in [-0.2, -0.15) is 0 Å². The van der Waals surface area contributed by atoms with Crippen LogP contribution in [0, 0.1) is 0 Å². The first-order valence-corrected chi connectivity index (χ1v) is 7.12. The molecule has 0 saturated heterocycles. The highest BCUT2D eigenvalue weighted by atomic mass is 35.5. The van der Waals surface area contributed by atoms with Crippen LogP contribution in [0.4, 0.5) is 0 Å². The van der Waals surface area contributed by atoms with Crippen LogP contribution >= 0.6 is 35.0 Å². The summed E-state index contributed by atoms with van der Waals surface area (Å²) in [6, 6.07) is 5.32. The van der Waals surface area contributed by atoms with Crippen molar-refractivity contribution in [3.63, 3.8) is 0 Å². The van der Waals surface area contributed by atoms with Crippen molar-refractivity contribution in [3.8, 4) is 0 Å². The van der Waals surface area contributed by atoms with E-state index in [4.69, 9.17) is 23.2 Å². The molecule has 0 aliphatic heterocycles. The van der Waals surface area contributed by atoms with Crippen molar-refractivity contribution in [2.24, 2.45) is 0 Å². The highest BCUT2D eigenvalue weighted by Gasteiger charge is 2.13. The molecule has 0 fully saturated rings. The van der Waals surface area contributed by atoms with Crippen LogP contribution in [0.25, 0.3) is 0 Å². The Kier molecular flexibility index (Phi) is 5.36. The Morgan fingerprint density at radius 2 is 1.88 bits per heavy atom. The first-order valence-electron chi connectivity index (χ1n) is 5.37. The van der Waals surface area contributed by atoms with Crippen molar-refractivity contribution >= 4 is 40.7 Å². The second kappa shape index (κ2) is 6.12. The van der Waals surface area contributed by atoms with E-state index in [1.165, 1.54) is 0 Å². The molecule has 1 aromatic carbocycles. The molecule has 0 aliphatic rings. The minimum atomic E-state index is 0.118. The van der Waals surface area contributed by atoms with Gasteiger partial charge >= 0.3 is 0 Å². The fourth-order valence-electron chi connectivity index (χ4n) is 1.23. The summed E-state index contributed by atoms with van der Waals surface area (Å²) in [7, 11) is 0. The molecule has 0 radical (unpaired) electrons. The van der Waals surface area contributed by atoms with Gasteiger partial charge in [0, 0.05) is 11.2 Å². The molecule has 0 N–H and O–H groups in total. The number of halogens is 2. The maximum Gasteiger partial charge on any atom is 0.147 e. The van der Waals surface area contributed by atoms with Gasteiger partial charge in [-0.15, -0.1) is 11.8 Å². The quantitative estimate of drug-likeness (QED) is 0.804. The Morgan fingerprint density at radius 1 is 1.24 bits per heavy atom. The highest BCUT2D eigenvalue weighted by Crippen LogP contribution is 2.25. The third kappa shape index (κ3) is 5.80. The maximum absolute atomic E-state index is 11.8. The predicted octanol–water partition coefficient (Wildman–Crippen LogP) is 4.64. The first kappa shape index (κ1) is 14.9. The van der Waals surface area contributed by atoms with Crippen molar-refractivity contribution in [2.45, 2.75) is 31.9 Å². The fourth-order valence-corrected chi connectivity index (χ4v) is 2.24. The predicted molar refractivity (Wildman–Crippen MR) is 77.4 cm³/mol. The second-order valence-electron chi connectivity index (χ2n) is 4.86. The number of carbonyl (C=O) groups is 1. The number of carbonyl (C=O) groups excluding carboxylic acids is 1. The SMILES string of the molecule is CC(C)(C)SCC(=O)Cc1ccc(Cl)c(Cl)c1. The van der Waals surface area contributed by atoms with Crippen LogP contribution in [0.2, 0.25) is 10.0 Å². The molecular formula is C13H16Cl2OS. The van der Waals surface area contributed by atoms with Crippen LogP contribution in [0.3, 0.4) is 0 Å². The molecule has 0 unspecified atom stereocenters. The Labute approximate surface area is 117 Å². The zero-order valence-electron chi connectivity index (χ0n) is 10.2. The van der Waals surface area contributed by atoms with Gasteiger partial charge in [0.2, 0.25) is 0 Å². The smallest absolute Gasteiger partial charge is 0.147 e. The van der Waals surface area contributed by atoms with Gasteiger partial charge in [0.1, 0.15) is 5.78 Å². The minimum Gasteiger partial charge on any atom is -0.298 e. The molecule has 0 saturated carbocycles. The molecule has 0 amide bonds. The summed E-state index contributed by atoms with van der Waals surface area (Å²) in [6.45, 7) is 6.30. The van der Waals surface area contributed by atoms with E-state index in [0.717, 1.165) is 5.56 Å². The summed E-state index contributed by atoms with van der Waals surface area (Å²) < 4.78 is 0.118. The van der Waals surface area contributed by atoms with Crippen LogP contribution in [-0.4, -0.2) is 16.3 Å². The largest absolute Gasteiger partial charge is 0.298 e. The standard InChI is InChI=1S/C13H16Cl2OS/c1-13(2,3)17-8-10(16)6-9-4-5-11(14)12(15)7-9/h4-5,7H,6,8H2,1-3H3. The van der Waals surface area contributed by atoms with Gasteiger partial charge in [-0.25, -0.2) is 0 Å². The second-order valence-corrected chi connectivity index (χ2v) is 7.48. The van der Waals surface area contributed by atoms with E-state index in [-0.39, 0.29) is 10.5 Å². The van der Waals surface area contributed by atoms with Gasteiger partial charge in [0.25, 0.3) is 0 Å². The molecule has 0 aliphatic carbocycles. The number of hydrogen-bond donors (Lipinski definition) is 0. The number of hydrogen-bond acceptors (Lipinski definition) is 2. The van der Waals surface area contributed by atoms with E-state index >= 15 is 0 Å². The number of ketones is 1. The molecule has 0 aromatic heterocycles. The third-order valence-corrected chi connectivity index (χ3v) is 4.12. The van der Waals surface area contributed by atoms with Crippen molar-refractivity contribution in [1.82, 2.24) is 0 Å². The highest BCUT2D eigenvalue weighted by molar-refractivity contribution is 8.01. The van der Waals surface area contributed by atoms with Crippen LogP contribution < -0.4 is 0 Å². The van der Waals surface area contributed by atoms with E-state index < -0.39 is 0 Å². The zero-order valence-corrected chi connectivity index (χ0v) is 12.5. The molecule has 0 spiro atoms. The maximum atomic E-state index is 11.8. The first-order chi connectivity index (χ1) is 7.78. The summed E-state index contributed by atoms with van der Waals surface area (Å²) in [4.78, 5) is 11.8. The molecular weight excluding hydrogens is 275 g/mol. The van der Waals surface area contributed by atoms with Crippen molar-refractivity contribution in [1.29, 1.82) is 0 Å². The van der Waals surface area contributed by atoms with Gasteiger partial charge in [0.05, 0.1) is 15.8 Å². The molecule has 0 atom stereocenters. The number of rotatable bonds is 4. The summed E-state index contributed by atoms with van der Waals surface area (Å²) in [5, 5.41) is 1.02. The van der Waals surface area contributed by atoms with Gasteiger partial charge in [0.15, 0.2) is 0 Å². The monoisotopic (exact) mass is 290 g/mol. The van der Waals surface area contributed by atoms with Crippen LogP contribution in [0.1, 0.15) is 26.3 Å². The Morgan fingerprint density at radius 3 is 2.41 bits per heavy atom. The summed E-state index contributed by atoms with van der Waals surface area (Å²) in [5.74, 6) is 0.743. The van der Waals surface area contributed by atoms with Crippen molar-refractivity contribution < 1.29 is 4.79 Å². The molecule has 4 heteroatoms. The lowest BCUT2D eigenvalue weighted by molar-refractivity contribution is -0.116. The van der Waals surface area contributed by atoms with Gasteiger partial charge < -0.3 is 0 Å². The summed E-state index contributed by atoms with van der Waals surface area (Å²) in [5.41, 5.74) is 0.916. The van der Waals surface area contributed by atoms with E-state index in [1.807, 2.05) is 6.07 Å². The molecule has 17 heavy (non-hydrogen) atoms. The summed E-state index contributed by atoms with van der Waals surface area (Å²) >= 11 is 13.4. The molecule has 1 aromatic rings. The van der Waals surface area contributed by atoms with E-state index in [9.17, 15) is 4.79 Å². The zero-order chi connectivity index (χ0) is 13.1. The Bertz CT molecular complexity index is 410. The molecule has 1 rings (SSSR count). The Hall–Kier alpha value is -0.180. The topological polar surface area (TPSA) is 17.1 Å². The Balaban J connectivity index is 2.54. The number of Topliss-reactive ketones (excluding diaryl/α,β-unsaturated/α-hetero) is 1. The minimum absolute atomic E-state index is 0.118. The van der Waals surface area contributed by atoms with Gasteiger partial charge in [-0.3, -0.25) is 4.79 Å². The van der Waals surface area contributed by atoms with Crippen LogP contribution in [-0.2, 0) is 11.2 Å². The number of benzene rings is 1. The van der Waals surface area contributed by atoms with E-state index in [1.54, 1.807) is 23.9 Å². The molecule has 0 heterocycles. The van der Waals surface area contributed by atoms with Gasteiger partial charge in [-0.1, -0.05) is 50.0 Å². The lowest BCUT2D eigenvalue weighted by atomic mass is 10.1. The van der Waals surface area contributed by atoms with Crippen molar-refractivity contribution in [3.05, 3.63) is 33.8 Å². The number of thioether (sulfide) groups is 1. The average Bonchev–Trinajstić information content (AvgIpc) is 2.20. The fraction of sp³-hybridized carbons (Fsp3) is 0.462. The van der Waals surface area contributed by atoms with E-state index in [2.05, 4.69) is 20.8 Å².